The van der Waals surface area contributed by atoms with Gasteiger partial charge in [0.05, 0.1) is 6.54 Å². The summed E-state index contributed by atoms with van der Waals surface area (Å²) in [4.78, 5) is 25.5. The van der Waals surface area contributed by atoms with Gasteiger partial charge in [0.15, 0.2) is 5.78 Å². The Labute approximate surface area is 184 Å². The average Bonchev–Trinajstić information content (AvgIpc) is 2.75. The molecule has 30 heavy (non-hydrogen) atoms. The van der Waals surface area contributed by atoms with Crippen molar-refractivity contribution in [1.29, 1.82) is 5.41 Å². The highest BCUT2D eigenvalue weighted by Crippen LogP contribution is 2.18. The number of amides is 1. The zero-order chi connectivity index (χ0) is 21.5. The van der Waals surface area contributed by atoms with Gasteiger partial charge in [0.25, 0.3) is 0 Å². The number of carbonyl (C=O) groups excluding carboxylic acids is 2. The quantitative estimate of drug-likeness (QED) is 0.284. The maximum atomic E-state index is 12.9. The van der Waals surface area contributed by atoms with Crippen molar-refractivity contribution in [3.63, 3.8) is 0 Å². The van der Waals surface area contributed by atoms with Gasteiger partial charge in [-0.15, -0.1) is 0 Å². The first-order valence-electron chi connectivity index (χ1n) is 9.16. The van der Waals surface area contributed by atoms with Gasteiger partial charge >= 0.3 is 0 Å². The van der Waals surface area contributed by atoms with Gasteiger partial charge in [0, 0.05) is 21.2 Å². The molecule has 3 aromatic rings. The van der Waals surface area contributed by atoms with Gasteiger partial charge in [-0.3, -0.25) is 20.3 Å². The molecule has 0 aliphatic rings. The van der Waals surface area contributed by atoms with E-state index in [-0.39, 0.29) is 18.2 Å². The Kier molecular flexibility index (Phi) is 7.36. The number of amidine groups is 1. The summed E-state index contributed by atoms with van der Waals surface area (Å²) in [6, 6.07) is 21.4. The van der Waals surface area contributed by atoms with Crippen molar-refractivity contribution in [2.75, 3.05) is 6.54 Å². The van der Waals surface area contributed by atoms with Crippen LogP contribution in [0.2, 0.25) is 10.0 Å². The van der Waals surface area contributed by atoms with Crippen molar-refractivity contribution >= 4 is 40.7 Å². The Bertz CT molecular complexity index is 1050. The Morgan fingerprint density at radius 3 is 2.17 bits per heavy atom. The van der Waals surface area contributed by atoms with Crippen LogP contribution in [0.3, 0.4) is 0 Å². The predicted octanol–water partition coefficient (Wildman–Crippen LogP) is 4.65. The van der Waals surface area contributed by atoms with Crippen LogP contribution < -0.4 is 10.6 Å². The maximum absolute atomic E-state index is 12.9. The molecule has 0 saturated carbocycles. The van der Waals surface area contributed by atoms with Gasteiger partial charge in [0.1, 0.15) is 11.9 Å². The lowest BCUT2D eigenvalue weighted by molar-refractivity contribution is -0.121. The Morgan fingerprint density at radius 1 is 0.833 bits per heavy atom. The van der Waals surface area contributed by atoms with Crippen LogP contribution in [0.25, 0.3) is 0 Å². The van der Waals surface area contributed by atoms with E-state index in [1.807, 2.05) is 6.07 Å². The number of hydrogen-bond donors (Lipinski definition) is 3. The number of rotatable bonds is 7. The molecule has 5 nitrogen and oxygen atoms in total. The molecule has 0 bridgehead atoms. The fourth-order valence-corrected chi connectivity index (χ4v) is 3.16. The summed E-state index contributed by atoms with van der Waals surface area (Å²) in [7, 11) is 0. The van der Waals surface area contributed by atoms with Crippen LogP contribution >= 0.6 is 23.2 Å². The molecule has 7 heteroatoms. The average molecular weight is 440 g/mol. The fourth-order valence-electron chi connectivity index (χ4n) is 2.85. The molecule has 3 N–H and O–H groups in total. The van der Waals surface area contributed by atoms with Gasteiger partial charge in [-0.1, -0.05) is 77.8 Å². The molecular formula is C23H19Cl2N3O2. The molecular weight excluding hydrogens is 421 g/mol. The van der Waals surface area contributed by atoms with Gasteiger partial charge in [-0.25, -0.2) is 0 Å². The zero-order valence-corrected chi connectivity index (χ0v) is 17.4. The van der Waals surface area contributed by atoms with Crippen LogP contribution in [0, 0.1) is 5.41 Å². The first kappa shape index (κ1) is 21.7. The summed E-state index contributed by atoms with van der Waals surface area (Å²) in [5, 5.41) is 14.7. The number of carbonyl (C=O) groups is 2. The summed E-state index contributed by atoms with van der Waals surface area (Å²) in [6.45, 7) is -0.0836. The summed E-state index contributed by atoms with van der Waals surface area (Å²) >= 11 is 11.9. The van der Waals surface area contributed by atoms with Crippen molar-refractivity contribution in [3.05, 3.63) is 106 Å². The largest absolute Gasteiger partial charge is 0.309 e. The van der Waals surface area contributed by atoms with Crippen molar-refractivity contribution in [2.24, 2.45) is 0 Å². The molecule has 0 aromatic heterocycles. The molecule has 0 heterocycles. The monoisotopic (exact) mass is 439 g/mol. The number of nitrogens with one attached hydrogen (secondary N) is 3. The molecule has 0 spiro atoms. The van der Waals surface area contributed by atoms with Crippen LogP contribution in [-0.4, -0.2) is 24.1 Å². The van der Waals surface area contributed by atoms with Gasteiger partial charge in [-0.2, -0.15) is 0 Å². The molecule has 0 fully saturated rings. The lowest BCUT2D eigenvalue weighted by Crippen LogP contribution is -2.42. The third kappa shape index (κ3) is 5.76. The van der Waals surface area contributed by atoms with Crippen LogP contribution in [0.1, 0.15) is 27.5 Å². The Balaban J connectivity index is 1.76. The SMILES string of the molecule is N=C(NC(=O)C(NCC(=O)c1cccc(Cl)c1)c1ccc(Cl)cc1)c1ccccc1. The molecule has 0 aliphatic heterocycles. The van der Waals surface area contributed by atoms with E-state index in [0.717, 1.165) is 0 Å². The highest BCUT2D eigenvalue weighted by molar-refractivity contribution is 6.31. The number of hydrogen-bond acceptors (Lipinski definition) is 4. The smallest absolute Gasteiger partial charge is 0.247 e. The minimum absolute atomic E-state index is 0.0254. The molecule has 3 rings (SSSR count). The van der Waals surface area contributed by atoms with E-state index in [0.29, 0.717) is 26.7 Å². The molecule has 152 valence electrons. The number of benzene rings is 3. The minimum Gasteiger partial charge on any atom is -0.309 e. The third-order valence-corrected chi connectivity index (χ3v) is 4.88. The van der Waals surface area contributed by atoms with E-state index < -0.39 is 11.9 Å². The van der Waals surface area contributed by atoms with E-state index >= 15 is 0 Å². The van der Waals surface area contributed by atoms with Crippen molar-refractivity contribution in [3.8, 4) is 0 Å². The lowest BCUT2D eigenvalue weighted by Gasteiger charge is -2.19. The molecule has 1 amide bonds. The van der Waals surface area contributed by atoms with Crippen LogP contribution in [0.4, 0.5) is 0 Å². The lowest BCUT2D eigenvalue weighted by atomic mass is 10.0. The number of halogens is 2. The molecule has 3 aromatic carbocycles. The second kappa shape index (κ2) is 10.2. The molecule has 1 atom stereocenters. The van der Waals surface area contributed by atoms with E-state index in [9.17, 15) is 9.59 Å². The van der Waals surface area contributed by atoms with E-state index in [1.54, 1.807) is 72.8 Å². The van der Waals surface area contributed by atoms with E-state index in [1.165, 1.54) is 0 Å². The predicted molar refractivity (Wildman–Crippen MR) is 119 cm³/mol. The summed E-state index contributed by atoms with van der Waals surface area (Å²) in [6.07, 6.45) is 0. The first-order valence-corrected chi connectivity index (χ1v) is 9.92. The second-order valence-corrected chi connectivity index (χ2v) is 7.40. The molecule has 0 radical (unpaired) electrons. The standard InChI is InChI=1S/C23H19Cl2N3O2/c24-18-11-9-15(10-12-18)21(23(30)28-22(26)16-5-2-1-3-6-16)27-14-20(29)17-7-4-8-19(25)13-17/h1-13,21,27H,14H2,(H2,26,28,30). The maximum Gasteiger partial charge on any atom is 0.247 e. The Morgan fingerprint density at radius 2 is 1.50 bits per heavy atom. The second-order valence-electron chi connectivity index (χ2n) is 6.53. The minimum atomic E-state index is -0.852. The number of ketones is 1. The zero-order valence-electron chi connectivity index (χ0n) is 15.9. The summed E-state index contributed by atoms with van der Waals surface area (Å²) in [5.74, 6) is -0.685. The highest BCUT2D eigenvalue weighted by Gasteiger charge is 2.23. The number of Topliss-reactive ketones (excluding diaryl/α,β-unsaturated/α-hetero) is 1. The topological polar surface area (TPSA) is 82.1 Å². The normalized spacial score (nSPS) is 11.5. The van der Waals surface area contributed by atoms with Gasteiger partial charge in [-0.05, 0) is 29.8 Å². The molecule has 0 aliphatic carbocycles. The van der Waals surface area contributed by atoms with Gasteiger partial charge in [0.2, 0.25) is 5.91 Å². The van der Waals surface area contributed by atoms with Crippen LogP contribution in [-0.2, 0) is 4.79 Å². The third-order valence-electron chi connectivity index (χ3n) is 4.39. The van der Waals surface area contributed by atoms with Crippen molar-refractivity contribution < 1.29 is 9.59 Å². The Hall–Kier alpha value is -2.99. The molecule has 1 unspecified atom stereocenters. The highest BCUT2D eigenvalue weighted by atomic mass is 35.5. The fraction of sp³-hybridized carbons (Fsp3) is 0.0870. The van der Waals surface area contributed by atoms with Crippen LogP contribution in [0.15, 0.2) is 78.9 Å². The molecule has 0 saturated heterocycles. The first-order chi connectivity index (χ1) is 14.4. The van der Waals surface area contributed by atoms with Crippen LogP contribution in [0.5, 0.6) is 0 Å². The summed E-state index contributed by atoms with van der Waals surface area (Å²) in [5.41, 5.74) is 1.65. The summed E-state index contributed by atoms with van der Waals surface area (Å²) < 4.78 is 0. The van der Waals surface area contributed by atoms with E-state index in [4.69, 9.17) is 28.6 Å². The van der Waals surface area contributed by atoms with Gasteiger partial charge < -0.3 is 5.32 Å². The van der Waals surface area contributed by atoms with Crippen molar-refractivity contribution in [2.45, 2.75) is 6.04 Å². The van der Waals surface area contributed by atoms with E-state index in [2.05, 4.69) is 10.6 Å². The van der Waals surface area contributed by atoms with Crippen molar-refractivity contribution in [1.82, 2.24) is 10.6 Å².